The third kappa shape index (κ3) is 3.67. The summed E-state index contributed by atoms with van der Waals surface area (Å²) in [6, 6.07) is 3.59. The van der Waals surface area contributed by atoms with E-state index in [9.17, 15) is 26.4 Å². The van der Waals surface area contributed by atoms with Crippen molar-refractivity contribution in [1.29, 1.82) is 0 Å². The van der Waals surface area contributed by atoms with Crippen LogP contribution in [0.2, 0.25) is 0 Å². The summed E-state index contributed by atoms with van der Waals surface area (Å²) in [6.07, 6.45) is 2.18. The zero-order chi connectivity index (χ0) is 22.0. The monoisotopic (exact) mass is 456 g/mol. The SMILES string of the molecule is O=C(N1CCN(S(=O)(=O)c2ccc(C(F)(F)F)cc2)CC1)C12CC3CC(CC(C3)C1)C2. The molecule has 4 saturated carbocycles. The molecule has 0 unspecified atom stereocenters. The minimum absolute atomic E-state index is 0.152. The second-order valence-corrected chi connectivity index (χ2v) is 11.9. The number of halogens is 3. The predicted octanol–water partition coefficient (Wildman–Crippen LogP) is 3.75. The number of hydrogen-bond donors (Lipinski definition) is 0. The van der Waals surface area contributed by atoms with Gasteiger partial charge in [0.15, 0.2) is 0 Å². The van der Waals surface area contributed by atoms with Gasteiger partial charge in [0.25, 0.3) is 0 Å². The van der Waals surface area contributed by atoms with Gasteiger partial charge in [-0.15, -0.1) is 0 Å². The Labute approximate surface area is 180 Å². The highest BCUT2D eigenvalue weighted by molar-refractivity contribution is 7.89. The summed E-state index contributed by atoms with van der Waals surface area (Å²) in [4.78, 5) is 15.1. The van der Waals surface area contributed by atoms with Gasteiger partial charge in [-0.2, -0.15) is 17.5 Å². The molecule has 1 saturated heterocycles. The molecule has 1 aliphatic heterocycles. The lowest BCUT2D eigenvalue weighted by molar-refractivity contribution is -0.158. The van der Waals surface area contributed by atoms with E-state index < -0.39 is 21.8 Å². The molecule has 1 aromatic carbocycles. The Morgan fingerprint density at radius 1 is 0.871 bits per heavy atom. The van der Waals surface area contributed by atoms with Crippen molar-refractivity contribution in [3.05, 3.63) is 29.8 Å². The molecule has 0 radical (unpaired) electrons. The van der Waals surface area contributed by atoms with Crippen LogP contribution in [0.3, 0.4) is 0 Å². The fourth-order valence-corrected chi connectivity index (χ4v) is 8.23. The van der Waals surface area contributed by atoms with Gasteiger partial charge in [0.2, 0.25) is 15.9 Å². The average molecular weight is 457 g/mol. The van der Waals surface area contributed by atoms with Crippen LogP contribution in [0.5, 0.6) is 0 Å². The molecule has 9 heteroatoms. The summed E-state index contributed by atoms with van der Waals surface area (Å²) in [5.74, 6) is 2.18. The largest absolute Gasteiger partial charge is 0.416 e. The molecule has 0 atom stereocenters. The summed E-state index contributed by atoms with van der Waals surface area (Å²) >= 11 is 0. The molecule has 0 N–H and O–H groups in total. The molecule has 5 aliphatic rings. The Kier molecular flexibility index (Phi) is 4.93. The number of nitrogens with zero attached hydrogens (tertiary/aromatic N) is 2. The van der Waals surface area contributed by atoms with Gasteiger partial charge in [0, 0.05) is 26.2 Å². The van der Waals surface area contributed by atoms with Crippen molar-refractivity contribution in [3.63, 3.8) is 0 Å². The molecule has 1 amide bonds. The lowest BCUT2D eigenvalue weighted by Crippen LogP contribution is -2.58. The van der Waals surface area contributed by atoms with Gasteiger partial charge in [-0.1, -0.05) is 0 Å². The number of carbonyl (C=O) groups excluding carboxylic acids is 1. The smallest absolute Gasteiger partial charge is 0.340 e. The van der Waals surface area contributed by atoms with Crippen molar-refractivity contribution >= 4 is 15.9 Å². The van der Waals surface area contributed by atoms with Crippen molar-refractivity contribution in [1.82, 2.24) is 9.21 Å². The topological polar surface area (TPSA) is 57.7 Å². The van der Waals surface area contributed by atoms with E-state index in [1.807, 2.05) is 4.90 Å². The van der Waals surface area contributed by atoms with E-state index in [-0.39, 0.29) is 29.3 Å². The Balaban J connectivity index is 1.25. The maximum atomic E-state index is 13.5. The number of amides is 1. The van der Waals surface area contributed by atoms with E-state index in [1.165, 1.54) is 23.6 Å². The second-order valence-electron chi connectivity index (χ2n) is 9.92. The van der Waals surface area contributed by atoms with E-state index in [0.29, 0.717) is 30.8 Å². The number of benzene rings is 1. The molecule has 0 aromatic heterocycles. The van der Waals surface area contributed by atoms with Gasteiger partial charge < -0.3 is 4.90 Å². The van der Waals surface area contributed by atoms with Crippen molar-refractivity contribution in [3.8, 4) is 0 Å². The summed E-state index contributed by atoms with van der Waals surface area (Å²) in [7, 11) is -3.89. The van der Waals surface area contributed by atoms with Gasteiger partial charge in [-0.05, 0) is 80.5 Å². The summed E-state index contributed by atoms with van der Waals surface area (Å²) < 4.78 is 65.3. The van der Waals surface area contributed by atoms with Crippen LogP contribution in [-0.2, 0) is 21.0 Å². The lowest BCUT2D eigenvalue weighted by Gasteiger charge is -2.57. The fraction of sp³-hybridized carbons (Fsp3) is 0.682. The third-order valence-corrected chi connectivity index (χ3v) is 9.75. The van der Waals surface area contributed by atoms with Crippen molar-refractivity contribution in [2.75, 3.05) is 26.2 Å². The zero-order valence-corrected chi connectivity index (χ0v) is 18.1. The molecule has 5 fully saturated rings. The Bertz CT molecular complexity index is 931. The molecule has 1 heterocycles. The molecule has 6 rings (SSSR count). The zero-order valence-electron chi connectivity index (χ0n) is 17.3. The van der Waals surface area contributed by atoms with Crippen LogP contribution in [0.1, 0.15) is 44.1 Å². The highest BCUT2D eigenvalue weighted by Gasteiger charge is 2.55. The molecule has 31 heavy (non-hydrogen) atoms. The number of hydrogen-bond acceptors (Lipinski definition) is 3. The highest BCUT2D eigenvalue weighted by atomic mass is 32.2. The van der Waals surface area contributed by atoms with Crippen molar-refractivity contribution < 1.29 is 26.4 Å². The Morgan fingerprint density at radius 3 is 1.81 bits per heavy atom. The number of rotatable bonds is 3. The summed E-state index contributed by atoms with van der Waals surface area (Å²) in [5, 5.41) is 0. The van der Waals surface area contributed by atoms with Crippen LogP contribution in [0, 0.1) is 23.2 Å². The molecular weight excluding hydrogens is 429 g/mol. The predicted molar refractivity (Wildman–Crippen MR) is 107 cm³/mol. The quantitative estimate of drug-likeness (QED) is 0.696. The van der Waals surface area contributed by atoms with Crippen LogP contribution in [0.15, 0.2) is 29.2 Å². The second kappa shape index (κ2) is 7.20. The summed E-state index contributed by atoms with van der Waals surface area (Å²) in [5.41, 5.74) is -1.12. The van der Waals surface area contributed by atoms with E-state index in [2.05, 4.69) is 0 Å². The van der Waals surface area contributed by atoms with Crippen LogP contribution < -0.4 is 0 Å². The molecule has 4 aliphatic carbocycles. The molecule has 0 spiro atoms. The van der Waals surface area contributed by atoms with Crippen LogP contribution in [0.4, 0.5) is 13.2 Å². The molecule has 5 nitrogen and oxygen atoms in total. The van der Waals surface area contributed by atoms with Gasteiger partial charge in [-0.3, -0.25) is 4.79 Å². The maximum Gasteiger partial charge on any atom is 0.416 e. The molecular formula is C22H27F3N2O3S. The molecule has 4 bridgehead atoms. The first-order valence-corrected chi connectivity index (χ1v) is 12.5. The summed E-state index contributed by atoms with van der Waals surface area (Å²) in [6.45, 7) is 1.00. The van der Waals surface area contributed by atoms with E-state index in [0.717, 1.165) is 43.5 Å². The number of alkyl halides is 3. The minimum atomic E-state index is -4.51. The van der Waals surface area contributed by atoms with Gasteiger partial charge >= 0.3 is 6.18 Å². The van der Waals surface area contributed by atoms with Gasteiger partial charge in [-0.25, -0.2) is 8.42 Å². The fourth-order valence-electron chi connectivity index (χ4n) is 6.80. The van der Waals surface area contributed by atoms with Crippen LogP contribution in [0.25, 0.3) is 0 Å². The minimum Gasteiger partial charge on any atom is -0.340 e. The normalized spacial score (nSPS) is 33.6. The van der Waals surface area contributed by atoms with Crippen molar-refractivity contribution in [2.24, 2.45) is 23.2 Å². The van der Waals surface area contributed by atoms with Gasteiger partial charge in [0.05, 0.1) is 15.9 Å². The first-order valence-electron chi connectivity index (χ1n) is 11.0. The van der Waals surface area contributed by atoms with Crippen LogP contribution in [-0.4, -0.2) is 49.7 Å². The van der Waals surface area contributed by atoms with Crippen LogP contribution >= 0.6 is 0 Å². The average Bonchev–Trinajstić information content (AvgIpc) is 2.72. The lowest BCUT2D eigenvalue weighted by atomic mass is 9.49. The van der Waals surface area contributed by atoms with Crippen molar-refractivity contribution in [2.45, 2.75) is 49.6 Å². The number of piperazine rings is 1. The number of carbonyl (C=O) groups is 1. The molecule has 170 valence electrons. The highest BCUT2D eigenvalue weighted by Crippen LogP contribution is 2.60. The van der Waals surface area contributed by atoms with Gasteiger partial charge in [0.1, 0.15) is 0 Å². The molecule has 1 aromatic rings. The third-order valence-electron chi connectivity index (χ3n) is 7.84. The van der Waals surface area contributed by atoms with E-state index in [1.54, 1.807) is 0 Å². The Hall–Kier alpha value is -1.61. The Morgan fingerprint density at radius 2 is 1.35 bits per heavy atom. The standard InChI is InChI=1S/C22H27F3N2O3S/c23-22(24,25)18-1-3-19(4-2-18)31(29,30)27-7-5-26(6-8-27)20(28)21-12-15-9-16(13-21)11-17(10-15)14-21/h1-4,15-17H,5-14H2. The maximum absolute atomic E-state index is 13.5. The number of sulfonamides is 1. The van der Waals surface area contributed by atoms with E-state index in [4.69, 9.17) is 0 Å². The first kappa shape index (κ1) is 21.2. The first-order chi connectivity index (χ1) is 14.6. The van der Waals surface area contributed by atoms with E-state index >= 15 is 0 Å².